The van der Waals surface area contributed by atoms with E-state index in [0.717, 1.165) is 20.0 Å². The molecule has 0 amide bonds. The molecular weight excluding hydrogens is 219 g/mol. The number of ether oxygens (including phenoxy) is 1. The van der Waals surface area contributed by atoms with Gasteiger partial charge in [0.15, 0.2) is 0 Å². The van der Waals surface area contributed by atoms with Gasteiger partial charge < -0.3 is 14.9 Å². The molecule has 0 saturated heterocycles. The Morgan fingerprint density at radius 2 is 1.69 bits per heavy atom. The number of carbonyl (C=O) groups is 1. The number of hydrogen-bond donors (Lipinski definition) is 1. The normalized spacial score (nSPS) is 8.69. The summed E-state index contributed by atoms with van der Waals surface area (Å²) >= 11 is 0. The third kappa shape index (κ3) is 36.7. The quantitative estimate of drug-likeness (QED) is 0.412. The van der Waals surface area contributed by atoms with Crippen LogP contribution >= 0.6 is 0 Å². The van der Waals surface area contributed by atoms with Gasteiger partial charge in [0, 0.05) is 20.1 Å². The molecular formula is C11H23NaO4. The monoisotopic (exact) mass is 242 g/mol. The summed E-state index contributed by atoms with van der Waals surface area (Å²) in [5.74, 6) is -0.833. The first-order chi connectivity index (χ1) is 7.15. The predicted molar refractivity (Wildman–Crippen MR) is 57.8 cm³/mol. The van der Waals surface area contributed by atoms with E-state index in [-0.39, 0.29) is 36.2 Å². The van der Waals surface area contributed by atoms with Crippen molar-refractivity contribution in [1.82, 2.24) is 0 Å². The van der Waals surface area contributed by atoms with Gasteiger partial charge in [0.05, 0.1) is 0 Å². The molecule has 0 atom stereocenters. The Hall–Kier alpha value is 0.390. The Labute approximate surface area is 121 Å². The van der Waals surface area contributed by atoms with Crippen LogP contribution in [0.4, 0.5) is 0 Å². The third-order valence-corrected chi connectivity index (χ3v) is 1.62. The van der Waals surface area contributed by atoms with Crippen molar-refractivity contribution >= 4 is 5.97 Å². The fourth-order valence-electron chi connectivity index (χ4n) is 0.969. The molecule has 5 heteroatoms. The summed E-state index contributed by atoms with van der Waals surface area (Å²) in [6, 6.07) is 0. The SMILES string of the molecule is CC(=O)O.CCCCCCCOCC[O-].[Na+]. The topological polar surface area (TPSA) is 69.6 Å². The van der Waals surface area contributed by atoms with Crippen molar-refractivity contribution in [2.75, 3.05) is 19.8 Å². The van der Waals surface area contributed by atoms with Gasteiger partial charge in [-0.2, -0.15) is 0 Å². The maximum atomic E-state index is 9.94. The van der Waals surface area contributed by atoms with Crippen LogP contribution in [0.25, 0.3) is 0 Å². The van der Waals surface area contributed by atoms with Gasteiger partial charge in [-0.3, -0.25) is 4.79 Å². The van der Waals surface area contributed by atoms with E-state index < -0.39 is 5.97 Å². The van der Waals surface area contributed by atoms with Gasteiger partial charge in [0.1, 0.15) is 0 Å². The number of carboxylic acid groups (broad SMARTS) is 1. The molecule has 0 spiro atoms. The van der Waals surface area contributed by atoms with E-state index in [9.17, 15) is 5.11 Å². The average molecular weight is 242 g/mol. The van der Waals surface area contributed by atoms with Crippen molar-refractivity contribution in [2.45, 2.75) is 46.0 Å². The number of carboxylic acids is 1. The minimum Gasteiger partial charge on any atom is -0.853 e. The maximum absolute atomic E-state index is 9.94. The Balaban J connectivity index is -0.000000292. The molecule has 0 aliphatic rings. The van der Waals surface area contributed by atoms with E-state index in [1.807, 2.05) is 0 Å². The standard InChI is InChI=1S/C9H19O2.C2H4O2.Na/c1-2-3-4-5-6-8-11-9-7-10;1-2(3)4;/h2-9H2,1H3;1H3,(H,3,4);/q-1;;+1. The Bertz CT molecular complexity index is 119. The minimum absolute atomic E-state index is 0. The summed E-state index contributed by atoms with van der Waals surface area (Å²) < 4.78 is 5.05. The van der Waals surface area contributed by atoms with Gasteiger partial charge >= 0.3 is 29.6 Å². The van der Waals surface area contributed by atoms with Crippen LogP contribution in [-0.2, 0) is 9.53 Å². The smallest absolute Gasteiger partial charge is 0.853 e. The molecule has 0 saturated carbocycles. The summed E-state index contributed by atoms with van der Waals surface area (Å²) in [6.45, 7) is 4.34. The molecule has 0 radical (unpaired) electrons. The van der Waals surface area contributed by atoms with Gasteiger partial charge in [0.2, 0.25) is 0 Å². The number of unbranched alkanes of at least 4 members (excludes halogenated alkanes) is 4. The summed E-state index contributed by atoms with van der Waals surface area (Å²) in [4.78, 5) is 9.00. The number of aliphatic carboxylic acids is 1. The molecule has 4 nitrogen and oxygen atoms in total. The van der Waals surface area contributed by atoms with E-state index in [2.05, 4.69) is 6.92 Å². The second-order valence-corrected chi connectivity index (χ2v) is 3.25. The molecule has 0 unspecified atom stereocenters. The van der Waals surface area contributed by atoms with Crippen LogP contribution in [0.1, 0.15) is 46.0 Å². The zero-order valence-corrected chi connectivity index (χ0v) is 12.8. The molecule has 0 bridgehead atoms. The molecule has 0 aromatic carbocycles. The number of rotatable bonds is 8. The van der Waals surface area contributed by atoms with E-state index in [1.54, 1.807) is 0 Å². The Morgan fingerprint density at radius 1 is 1.19 bits per heavy atom. The third-order valence-electron chi connectivity index (χ3n) is 1.62. The van der Waals surface area contributed by atoms with Crippen molar-refractivity contribution in [3.05, 3.63) is 0 Å². The van der Waals surface area contributed by atoms with Crippen molar-refractivity contribution in [3.8, 4) is 0 Å². The van der Waals surface area contributed by atoms with Gasteiger partial charge in [0.25, 0.3) is 5.97 Å². The summed E-state index contributed by atoms with van der Waals surface area (Å²) in [5, 5.41) is 17.4. The second kappa shape index (κ2) is 20.8. The molecule has 92 valence electrons. The molecule has 1 N–H and O–H groups in total. The zero-order valence-electron chi connectivity index (χ0n) is 10.8. The Kier molecular flexibility index (Phi) is 28.1. The maximum Gasteiger partial charge on any atom is 1.00 e. The molecule has 0 aliphatic carbocycles. The summed E-state index contributed by atoms with van der Waals surface area (Å²) in [5.41, 5.74) is 0. The van der Waals surface area contributed by atoms with Gasteiger partial charge in [-0.05, 0) is 6.42 Å². The van der Waals surface area contributed by atoms with Crippen molar-refractivity contribution in [3.63, 3.8) is 0 Å². The van der Waals surface area contributed by atoms with Crippen LogP contribution in [0.5, 0.6) is 0 Å². The van der Waals surface area contributed by atoms with Crippen molar-refractivity contribution in [2.24, 2.45) is 0 Å². The largest absolute Gasteiger partial charge is 1.00 e. The molecule has 0 aromatic rings. The molecule has 0 rings (SSSR count). The predicted octanol–water partition coefficient (Wildman–Crippen LogP) is -1.57. The first-order valence-electron chi connectivity index (χ1n) is 5.50. The van der Waals surface area contributed by atoms with Crippen molar-refractivity contribution < 1.29 is 49.3 Å². The minimum atomic E-state index is -0.833. The van der Waals surface area contributed by atoms with Crippen LogP contribution in [0, 0.1) is 0 Å². The second-order valence-electron chi connectivity index (χ2n) is 3.25. The van der Waals surface area contributed by atoms with Crippen LogP contribution in [0.15, 0.2) is 0 Å². The van der Waals surface area contributed by atoms with Crippen molar-refractivity contribution in [1.29, 1.82) is 0 Å². The molecule has 0 fully saturated rings. The van der Waals surface area contributed by atoms with Crippen LogP contribution < -0.4 is 34.7 Å². The van der Waals surface area contributed by atoms with E-state index in [1.165, 1.54) is 25.7 Å². The fraction of sp³-hybridized carbons (Fsp3) is 0.909. The average Bonchev–Trinajstić information content (AvgIpc) is 2.16. The summed E-state index contributed by atoms with van der Waals surface area (Å²) in [6.07, 6.45) is 6.26. The van der Waals surface area contributed by atoms with E-state index >= 15 is 0 Å². The Morgan fingerprint density at radius 3 is 2.12 bits per heavy atom. The summed E-state index contributed by atoms with van der Waals surface area (Å²) in [7, 11) is 0. The molecule has 0 aromatic heterocycles. The van der Waals surface area contributed by atoms with E-state index in [0.29, 0.717) is 6.61 Å². The fourth-order valence-corrected chi connectivity index (χ4v) is 0.969. The first kappa shape index (κ1) is 21.7. The van der Waals surface area contributed by atoms with Gasteiger partial charge in [-0.25, -0.2) is 0 Å². The van der Waals surface area contributed by atoms with Crippen LogP contribution in [0.2, 0.25) is 0 Å². The number of hydrogen-bond acceptors (Lipinski definition) is 3. The zero-order chi connectivity index (χ0) is 11.9. The van der Waals surface area contributed by atoms with Gasteiger partial charge in [-0.1, -0.05) is 32.6 Å². The molecule has 0 aliphatic heterocycles. The first-order valence-corrected chi connectivity index (χ1v) is 5.50. The van der Waals surface area contributed by atoms with Crippen LogP contribution in [0.3, 0.4) is 0 Å². The molecule has 0 heterocycles. The molecule has 16 heavy (non-hydrogen) atoms. The van der Waals surface area contributed by atoms with Crippen LogP contribution in [-0.4, -0.2) is 30.9 Å². The van der Waals surface area contributed by atoms with E-state index in [4.69, 9.17) is 14.6 Å². The van der Waals surface area contributed by atoms with Gasteiger partial charge in [-0.15, -0.1) is 6.61 Å².